The molecule has 0 unspecified atom stereocenters. The lowest BCUT2D eigenvalue weighted by molar-refractivity contribution is 0.794. The van der Waals surface area contributed by atoms with E-state index in [4.69, 9.17) is 11.6 Å². The number of para-hydroxylation sites is 1. The highest BCUT2D eigenvalue weighted by molar-refractivity contribution is 6.34. The molecule has 8 heteroatoms. The number of aromatic nitrogens is 4. The monoisotopic (exact) mass is 403 g/mol. The van der Waals surface area contributed by atoms with Gasteiger partial charge < -0.3 is 10.6 Å². The lowest BCUT2D eigenvalue weighted by atomic mass is 10.1. The fraction of sp³-hybridized carbons (Fsp3) is 0.190. The van der Waals surface area contributed by atoms with Gasteiger partial charge in [0.05, 0.1) is 33.7 Å². The van der Waals surface area contributed by atoms with Crippen molar-refractivity contribution in [1.82, 2.24) is 25.3 Å². The van der Waals surface area contributed by atoms with Crippen LogP contribution in [0.3, 0.4) is 0 Å². The van der Waals surface area contributed by atoms with Crippen molar-refractivity contribution in [2.45, 2.75) is 12.5 Å². The Labute approximate surface area is 172 Å². The van der Waals surface area contributed by atoms with Gasteiger partial charge in [-0.15, -0.1) is 0 Å². The first kappa shape index (κ1) is 17.7. The largest absolute Gasteiger partial charge is 0.380 e. The molecule has 1 aliphatic rings. The number of hydrogen-bond acceptors (Lipinski definition) is 5. The van der Waals surface area contributed by atoms with Crippen molar-refractivity contribution in [3.05, 3.63) is 59.4 Å². The van der Waals surface area contributed by atoms with Crippen LogP contribution in [0.5, 0.6) is 0 Å². The Morgan fingerprint density at radius 2 is 2.17 bits per heavy atom. The maximum atomic E-state index is 9.35. The van der Waals surface area contributed by atoms with Gasteiger partial charge in [0.2, 0.25) is 0 Å². The minimum absolute atomic E-state index is 0.366. The highest BCUT2D eigenvalue weighted by Gasteiger charge is 2.18. The molecule has 5 rings (SSSR count). The second-order valence-electron chi connectivity index (χ2n) is 7.09. The predicted octanol–water partition coefficient (Wildman–Crippen LogP) is 3.71. The summed E-state index contributed by atoms with van der Waals surface area (Å²) in [4.78, 5) is 0. The summed E-state index contributed by atoms with van der Waals surface area (Å²) in [5.41, 5.74) is 4.73. The number of benzene rings is 2. The first-order valence-electron chi connectivity index (χ1n) is 9.42. The van der Waals surface area contributed by atoms with Gasteiger partial charge in [-0.25, -0.2) is 4.68 Å². The van der Waals surface area contributed by atoms with E-state index in [1.54, 1.807) is 16.9 Å². The summed E-state index contributed by atoms with van der Waals surface area (Å²) in [6.07, 6.45) is 4.71. The Balaban J connectivity index is 1.54. The molecule has 0 aliphatic carbocycles. The third-order valence-electron chi connectivity index (χ3n) is 5.20. The number of fused-ring (bicyclic) bond motifs is 1. The number of nitriles is 1. The Kier molecular flexibility index (Phi) is 4.43. The molecule has 3 heterocycles. The van der Waals surface area contributed by atoms with Crippen LogP contribution in [-0.4, -0.2) is 39.1 Å². The van der Waals surface area contributed by atoms with Crippen LogP contribution in [0.25, 0.3) is 27.8 Å². The summed E-state index contributed by atoms with van der Waals surface area (Å²) < 4.78 is 1.70. The van der Waals surface area contributed by atoms with Crippen molar-refractivity contribution in [1.29, 1.82) is 5.26 Å². The Bertz CT molecular complexity index is 1230. The van der Waals surface area contributed by atoms with E-state index in [2.05, 4.69) is 32.0 Å². The zero-order chi connectivity index (χ0) is 19.8. The highest BCUT2D eigenvalue weighted by Crippen LogP contribution is 2.34. The van der Waals surface area contributed by atoms with Crippen LogP contribution in [-0.2, 0) is 0 Å². The quantitative estimate of drug-likeness (QED) is 0.483. The number of H-pyrrole nitrogens is 1. The molecule has 3 N–H and O–H groups in total. The van der Waals surface area contributed by atoms with Gasteiger partial charge in [-0.3, -0.25) is 5.10 Å². The number of nitrogens with zero attached hydrogens (tertiary/aromatic N) is 4. The van der Waals surface area contributed by atoms with E-state index < -0.39 is 0 Å². The first-order valence-corrected chi connectivity index (χ1v) is 9.80. The smallest absolute Gasteiger partial charge is 0.103 e. The molecular weight excluding hydrogens is 386 g/mol. The van der Waals surface area contributed by atoms with Gasteiger partial charge >= 0.3 is 0 Å². The minimum atomic E-state index is 0.366. The van der Waals surface area contributed by atoms with Gasteiger partial charge in [0.15, 0.2) is 0 Å². The number of aromatic amines is 1. The van der Waals surface area contributed by atoms with Crippen molar-refractivity contribution < 1.29 is 0 Å². The third kappa shape index (κ3) is 3.23. The molecule has 4 aromatic rings. The van der Waals surface area contributed by atoms with Crippen molar-refractivity contribution in [3.8, 4) is 23.0 Å². The summed E-state index contributed by atoms with van der Waals surface area (Å²) >= 11 is 6.48. The van der Waals surface area contributed by atoms with Crippen LogP contribution in [0.15, 0.2) is 48.8 Å². The van der Waals surface area contributed by atoms with E-state index in [0.29, 0.717) is 16.6 Å². The number of anilines is 1. The average molecular weight is 404 g/mol. The molecule has 2 aromatic heterocycles. The minimum Gasteiger partial charge on any atom is -0.380 e. The van der Waals surface area contributed by atoms with E-state index in [-0.39, 0.29) is 0 Å². The van der Waals surface area contributed by atoms with E-state index in [9.17, 15) is 5.26 Å². The van der Waals surface area contributed by atoms with Gasteiger partial charge in [-0.1, -0.05) is 23.7 Å². The summed E-state index contributed by atoms with van der Waals surface area (Å²) in [6, 6.07) is 13.9. The third-order valence-corrected chi connectivity index (χ3v) is 5.51. The van der Waals surface area contributed by atoms with Crippen LogP contribution in [0.1, 0.15) is 12.0 Å². The number of halogens is 1. The summed E-state index contributed by atoms with van der Waals surface area (Å²) in [5.74, 6) is 0. The first-order chi connectivity index (χ1) is 14.2. The summed E-state index contributed by atoms with van der Waals surface area (Å²) in [7, 11) is 0. The van der Waals surface area contributed by atoms with Crippen molar-refractivity contribution >= 4 is 28.2 Å². The maximum Gasteiger partial charge on any atom is 0.103 e. The molecule has 0 amide bonds. The molecule has 2 aromatic carbocycles. The van der Waals surface area contributed by atoms with Gasteiger partial charge in [0, 0.05) is 29.7 Å². The molecule has 0 radical (unpaired) electrons. The Hall–Kier alpha value is -3.34. The molecule has 144 valence electrons. The molecule has 0 bridgehead atoms. The van der Waals surface area contributed by atoms with Crippen LogP contribution in [0, 0.1) is 11.3 Å². The average Bonchev–Trinajstić information content (AvgIpc) is 3.49. The zero-order valence-electron chi connectivity index (χ0n) is 15.5. The SMILES string of the molecule is N#Cc1ccccc1-n1cc(-c2n[nH]c3cc(Cl)c(N[C@@H]4CCNC4)cc23)cn1. The van der Waals surface area contributed by atoms with E-state index in [1.807, 2.05) is 36.5 Å². The Morgan fingerprint density at radius 1 is 1.28 bits per heavy atom. The molecule has 7 nitrogen and oxygen atoms in total. The number of rotatable bonds is 4. The highest BCUT2D eigenvalue weighted by atomic mass is 35.5. The topological polar surface area (TPSA) is 94.3 Å². The molecule has 29 heavy (non-hydrogen) atoms. The molecule has 0 spiro atoms. The standard InChI is InChI=1S/C21H18ClN7/c22-17-8-18-16(7-19(17)26-15-5-6-24-11-15)21(28-27-18)14-10-25-29(12-14)20-4-2-1-3-13(20)9-23/h1-4,7-8,10,12,15,24,26H,5-6,11H2,(H,27,28)/t15-/m1/s1. The normalized spacial score (nSPS) is 16.2. The van der Waals surface area contributed by atoms with Crippen molar-refractivity contribution in [2.24, 2.45) is 0 Å². The van der Waals surface area contributed by atoms with Gasteiger partial charge in [-0.2, -0.15) is 15.5 Å². The van der Waals surface area contributed by atoms with Gasteiger partial charge in [0.25, 0.3) is 0 Å². The van der Waals surface area contributed by atoms with Crippen molar-refractivity contribution in [2.75, 3.05) is 18.4 Å². The van der Waals surface area contributed by atoms with E-state index in [0.717, 1.165) is 53.0 Å². The fourth-order valence-electron chi connectivity index (χ4n) is 3.71. The maximum absolute atomic E-state index is 9.35. The van der Waals surface area contributed by atoms with Crippen molar-refractivity contribution in [3.63, 3.8) is 0 Å². The molecule has 0 saturated carbocycles. The van der Waals surface area contributed by atoms with Gasteiger partial charge in [-0.05, 0) is 37.2 Å². The van der Waals surface area contributed by atoms with Crippen LogP contribution in [0.4, 0.5) is 5.69 Å². The lowest BCUT2D eigenvalue weighted by Crippen LogP contribution is -2.22. The molecular formula is C21H18ClN7. The molecule has 1 aliphatic heterocycles. The van der Waals surface area contributed by atoms with E-state index >= 15 is 0 Å². The second kappa shape index (κ2) is 7.24. The van der Waals surface area contributed by atoms with E-state index in [1.165, 1.54) is 0 Å². The lowest BCUT2D eigenvalue weighted by Gasteiger charge is -2.14. The molecule has 1 fully saturated rings. The zero-order valence-corrected chi connectivity index (χ0v) is 16.2. The second-order valence-corrected chi connectivity index (χ2v) is 7.49. The number of hydrogen-bond donors (Lipinski definition) is 3. The summed E-state index contributed by atoms with van der Waals surface area (Å²) in [5, 5.41) is 29.8. The number of nitrogens with one attached hydrogen (secondary N) is 3. The van der Waals surface area contributed by atoms with Crippen LogP contribution < -0.4 is 10.6 Å². The fourth-order valence-corrected chi connectivity index (χ4v) is 3.93. The summed E-state index contributed by atoms with van der Waals surface area (Å²) in [6.45, 7) is 1.94. The van der Waals surface area contributed by atoms with Crippen LogP contribution in [0.2, 0.25) is 5.02 Å². The van der Waals surface area contributed by atoms with Crippen LogP contribution >= 0.6 is 11.6 Å². The molecule has 1 atom stereocenters. The molecule has 1 saturated heterocycles. The van der Waals surface area contributed by atoms with Gasteiger partial charge in [0.1, 0.15) is 11.8 Å². The predicted molar refractivity (Wildman–Crippen MR) is 113 cm³/mol. The Morgan fingerprint density at radius 3 is 3.00 bits per heavy atom.